The van der Waals surface area contributed by atoms with Crippen LogP contribution in [0.4, 0.5) is 11.6 Å². The predicted molar refractivity (Wildman–Crippen MR) is 85.6 cm³/mol. The van der Waals surface area contributed by atoms with Crippen molar-refractivity contribution in [2.24, 2.45) is 0 Å². The van der Waals surface area contributed by atoms with Gasteiger partial charge in [0.2, 0.25) is 6.79 Å². The lowest BCUT2D eigenvalue weighted by atomic mass is 10.2. The van der Waals surface area contributed by atoms with E-state index in [2.05, 4.69) is 20.2 Å². The van der Waals surface area contributed by atoms with Crippen LogP contribution >= 0.6 is 0 Å². The third kappa shape index (κ3) is 2.95. The summed E-state index contributed by atoms with van der Waals surface area (Å²) in [5.41, 5.74) is 0.478. The zero-order valence-electron chi connectivity index (χ0n) is 12.9. The van der Waals surface area contributed by atoms with Crippen LogP contribution in [-0.4, -0.2) is 49.0 Å². The van der Waals surface area contributed by atoms with Crippen LogP contribution in [0.15, 0.2) is 30.6 Å². The second kappa shape index (κ2) is 6.32. The molecule has 0 bridgehead atoms. The van der Waals surface area contributed by atoms with Gasteiger partial charge < -0.3 is 24.4 Å². The Morgan fingerprint density at radius 1 is 1.08 bits per heavy atom. The first-order valence-corrected chi connectivity index (χ1v) is 7.65. The van der Waals surface area contributed by atoms with E-state index in [-0.39, 0.29) is 12.7 Å². The topological polar surface area (TPSA) is 85.8 Å². The van der Waals surface area contributed by atoms with Crippen molar-refractivity contribution in [3.05, 3.63) is 36.2 Å². The number of morpholine rings is 1. The molecule has 8 heteroatoms. The van der Waals surface area contributed by atoms with E-state index in [0.717, 1.165) is 18.9 Å². The monoisotopic (exact) mass is 328 g/mol. The number of rotatable bonds is 3. The Labute approximate surface area is 138 Å². The second-order valence-electron chi connectivity index (χ2n) is 5.38. The Bertz CT molecular complexity index is 761. The molecule has 8 nitrogen and oxygen atoms in total. The molecule has 1 aromatic carbocycles. The molecule has 0 unspecified atom stereocenters. The van der Waals surface area contributed by atoms with Crippen LogP contribution in [0.25, 0.3) is 0 Å². The van der Waals surface area contributed by atoms with Crippen molar-refractivity contribution < 1.29 is 19.0 Å². The summed E-state index contributed by atoms with van der Waals surface area (Å²) in [7, 11) is 0. The Morgan fingerprint density at radius 3 is 2.79 bits per heavy atom. The summed E-state index contributed by atoms with van der Waals surface area (Å²) in [6, 6.07) is 6.82. The number of aromatic nitrogens is 2. The average Bonchev–Trinajstić information content (AvgIpc) is 3.10. The van der Waals surface area contributed by atoms with Crippen LogP contribution in [0.1, 0.15) is 10.4 Å². The van der Waals surface area contributed by atoms with Crippen LogP contribution in [0, 0.1) is 0 Å². The Kier molecular flexibility index (Phi) is 3.87. The van der Waals surface area contributed by atoms with Crippen LogP contribution < -0.4 is 19.7 Å². The highest BCUT2D eigenvalue weighted by Crippen LogP contribution is 2.32. The minimum Gasteiger partial charge on any atom is -0.454 e. The van der Waals surface area contributed by atoms with Crippen LogP contribution in [0.2, 0.25) is 0 Å². The van der Waals surface area contributed by atoms with Crippen molar-refractivity contribution in [3.63, 3.8) is 0 Å². The minimum atomic E-state index is -0.264. The third-order valence-corrected chi connectivity index (χ3v) is 3.86. The summed E-state index contributed by atoms with van der Waals surface area (Å²) < 4.78 is 15.9. The fraction of sp³-hybridized carbons (Fsp3) is 0.312. The molecule has 3 heterocycles. The number of nitrogens with one attached hydrogen (secondary N) is 1. The zero-order chi connectivity index (χ0) is 16.4. The van der Waals surface area contributed by atoms with Gasteiger partial charge in [0.15, 0.2) is 11.5 Å². The number of hydrogen-bond donors (Lipinski definition) is 1. The molecule has 0 saturated carbocycles. The van der Waals surface area contributed by atoms with Crippen LogP contribution in [0.3, 0.4) is 0 Å². The fourth-order valence-corrected chi connectivity index (χ4v) is 2.61. The molecular weight excluding hydrogens is 312 g/mol. The van der Waals surface area contributed by atoms with Gasteiger partial charge >= 0.3 is 0 Å². The third-order valence-electron chi connectivity index (χ3n) is 3.86. The Hall–Kier alpha value is -2.87. The second-order valence-corrected chi connectivity index (χ2v) is 5.38. The van der Waals surface area contributed by atoms with E-state index in [1.165, 1.54) is 6.33 Å². The minimum absolute atomic E-state index is 0.176. The number of ether oxygens (including phenoxy) is 3. The van der Waals surface area contributed by atoms with Crippen LogP contribution in [-0.2, 0) is 4.74 Å². The summed E-state index contributed by atoms with van der Waals surface area (Å²) in [5.74, 6) is 2.17. The van der Waals surface area contributed by atoms with Gasteiger partial charge in [-0.25, -0.2) is 9.97 Å². The molecule has 2 aliphatic rings. The van der Waals surface area contributed by atoms with Gasteiger partial charge in [-0.2, -0.15) is 0 Å². The normalized spacial score (nSPS) is 16.1. The number of amides is 1. The summed E-state index contributed by atoms with van der Waals surface area (Å²) in [6.07, 6.45) is 1.44. The maximum Gasteiger partial charge on any atom is 0.256 e. The van der Waals surface area contributed by atoms with E-state index in [0.29, 0.717) is 36.1 Å². The van der Waals surface area contributed by atoms with Gasteiger partial charge in [0, 0.05) is 24.7 Å². The molecule has 0 aliphatic carbocycles. The van der Waals surface area contributed by atoms with Crippen LogP contribution in [0.5, 0.6) is 11.5 Å². The number of nitrogens with zero attached hydrogens (tertiary/aromatic N) is 3. The number of anilines is 2. The Balaban J connectivity index is 1.49. The van der Waals surface area contributed by atoms with Gasteiger partial charge in [0.1, 0.15) is 18.0 Å². The smallest absolute Gasteiger partial charge is 0.256 e. The first-order chi connectivity index (χ1) is 11.8. The van der Waals surface area contributed by atoms with Gasteiger partial charge in [0.25, 0.3) is 5.91 Å². The van der Waals surface area contributed by atoms with Crippen molar-refractivity contribution in [1.29, 1.82) is 0 Å². The largest absolute Gasteiger partial charge is 0.454 e. The number of hydrogen-bond acceptors (Lipinski definition) is 7. The molecule has 1 fully saturated rings. The number of fused-ring (bicyclic) bond motifs is 1. The van der Waals surface area contributed by atoms with Crippen molar-refractivity contribution in [1.82, 2.24) is 9.97 Å². The first kappa shape index (κ1) is 14.7. The molecular formula is C16H16N4O4. The molecule has 4 rings (SSSR count). The molecule has 24 heavy (non-hydrogen) atoms. The number of carbonyl (C=O) groups is 1. The van der Waals surface area contributed by atoms with Crippen molar-refractivity contribution in [2.45, 2.75) is 0 Å². The maximum atomic E-state index is 12.4. The molecule has 0 spiro atoms. The Morgan fingerprint density at radius 2 is 1.92 bits per heavy atom. The molecule has 1 N–H and O–H groups in total. The highest BCUT2D eigenvalue weighted by atomic mass is 16.7. The first-order valence-electron chi connectivity index (χ1n) is 7.65. The summed E-state index contributed by atoms with van der Waals surface area (Å²) in [6.45, 7) is 3.06. The van der Waals surface area contributed by atoms with E-state index in [1.807, 2.05) is 0 Å². The number of carbonyl (C=O) groups excluding carboxylic acids is 1. The standard InChI is InChI=1S/C16H16N4O4/c21-16(11-1-2-12-13(7-11)24-10-23-12)19-14-8-15(18-9-17-14)20-3-5-22-6-4-20/h1-2,7-9H,3-6,10H2,(H,17,18,19,21). The summed E-state index contributed by atoms with van der Waals surface area (Å²) in [4.78, 5) is 22.9. The number of benzene rings is 1. The van der Waals surface area contributed by atoms with Gasteiger partial charge in [0.05, 0.1) is 13.2 Å². The van der Waals surface area contributed by atoms with E-state index < -0.39 is 0 Å². The molecule has 124 valence electrons. The SMILES string of the molecule is O=C(Nc1cc(N2CCOCC2)ncn1)c1ccc2c(c1)OCO2. The molecule has 1 saturated heterocycles. The van der Waals surface area contributed by atoms with Gasteiger partial charge in [-0.05, 0) is 18.2 Å². The van der Waals surface area contributed by atoms with Gasteiger partial charge in [-0.3, -0.25) is 4.79 Å². The quantitative estimate of drug-likeness (QED) is 0.908. The lowest BCUT2D eigenvalue weighted by Crippen LogP contribution is -2.36. The zero-order valence-corrected chi connectivity index (χ0v) is 12.9. The van der Waals surface area contributed by atoms with Crippen molar-refractivity contribution in [3.8, 4) is 11.5 Å². The van der Waals surface area contributed by atoms with Crippen molar-refractivity contribution in [2.75, 3.05) is 43.3 Å². The lowest BCUT2D eigenvalue weighted by Gasteiger charge is -2.27. The van der Waals surface area contributed by atoms with E-state index in [1.54, 1.807) is 24.3 Å². The maximum absolute atomic E-state index is 12.4. The molecule has 0 atom stereocenters. The predicted octanol–water partition coefficient (Wildman–Crippen LogP) is 1.29. The summed E-state index contributed by atoms with van der Waals surface area (Å²) >= 11 is 0. The molecule has 2 aromatic rings. The molecule has 1 aromatic heterocycles. The fourth-order valence-electron chi connectivity index (χ4n) is 2.61. The average molecular weight is 328 g/mol. The molecule has 1 amide bonds. The summed E-state index contributed by atoms with van der Waals surface area (Å²) in [5, 5.41) is 2.78. The highest BCUT2D eigenvalue weighted by Gasteiger charge is 2.17. The molecule has 2 aliphatic heterocycles. The van der Waals surface area contributed by atoms with Gasteiger partial charge in [-0.15, -0.1) is 0 Å². The molecule has 0 radical (unpaired) electrons. The highest BCUT2D eigenvalue weighted by molar-refractivity contribution is 6.04. The van der Waals surface area contributed by atoms with E-state index in [9.17, 15) is 4.79 Å². The van der Waals surface area contributed by atoms with Gasteiger partial charge in [-0.1, -0.05) is 0 Å². The van der Waals surface area contributed by atoms with E-state index >= 15 is 0 Å². The van der Waals surface area contributed by atoms with Crippen molar-refractivity contribution >= 4 is 17.5 Å². The lowest BCUT2D eigenvalue weighted by molar-refractivity contribution is 0.102. The van der Waals surface area contributed by atoms with E-state index in [4.69, 9.17) is 14.2 Å².